The first-order valence-electron chi connectivity index (χ1n) is 9.28. The summed E-state index contributed by atoms with van der Waals surface area (Å²) in [6.07, 6.45) is 9.41. The van der Waals surface area contributed by atoms with E-state index in [1.165, 1.54) is 49.7 Å². The summed E-state index contributed by atoms with van der Waals surface area (Å²) in [4.78, 5) is 12.5. The number of carbonyl (C=O) groups excluding carboxylic acids is 1. The van der Waals surface area contributed by atoms with Crippen LogP contribution in [0.5, 0.6) is 5.75 Å². The Bertz CT molecular complexity index is 597. The van der Waals surface area contributed by atoms with Crippen LogP contribution in [-0.4, -0.2) is 18.1 Å². The van der Waals surface area contributed by atoms with E-state index >= 15 is 0 Å². The van der Waals surface area contributed by atoms with Crippen molar-refractivity contribution in [1.29, 1.82) is 0 Å². The van der Waals surface area contributed by atoms with Gasteiger partial charge in [-0.2, -0.15) is 0 Å². The van der Waals surface area contributed by atoms with E-state index < -0.39 is 6.10 Å². The predicted octanol–water partition coefficient (Wildman–Crippen LogP) is 3.64. The van der Waals surface area contributed by atoms with Gasteiger partial charge in [0.25, 0.3) is 5.91 Å². The molecule has 1 aromatic carbocycles. The van der Waals surface area contributed by atoms with E-state index in [-0.39, 0.29) is 5.91 Å². The molecule has 0 heterocycles. The summed E-state index contributed by atoms with van der Waals surface area (Å²) in [5.74, 6) is 2.53. The fraction of sp³-hybridized carbons (Fsp3) is 0.650. The zero-order chi connectivity index (χ0) is 15.8. The average Bonchev–Trinajstić information content (AvgIpc) is 3.18. The van der Waals surface area contributed by atoms with Crippen LogP contribution in [0.4, 0.5) is 0 Å². The van der Waals surface area contributed by atoms with Crippen LogP contribution in [0.25, 0.3) is 0 Å². The smallest absolute Gasteiger partial charge is 0.261 e. The van der Waals surface area contributed by atoms with Gasteiger partial charge in [-0.1, -0.05) is 18.6 Å². The molecule has 3 aliphatic rings. The molecule has 2 bridgehead atoms. The van der Waals surface area contributed by atoms with E-state index in [0.29, 0.717) is 12.0 Å². The summed E-state index contributed by atoms with van der Waals surface area (Å²) < 4.78 is 6.05. The lowest BCUT2D eigenvalue weighted by atomic mass is 9.91. The van der Waals surface area contributed by atoms with Crippen LogP contribution in [0.1, 0.15) is 56.6 Å². The second-order valence-electron chi connectivity index (χ2n) is 7.65. The predicted molar refractivity (Wildman–Crippen MR) is 90.6 cm³/mol. The number of rotatable bonds is 4. The Balaban J connectivity index is 1.39. The highest BCUT2D eigenvalue weighted by Crippen LogP contribution is 2.44. The van der Waals surface area contributed by atoms with E-state index in [0.717, 1.165) is 24.5 Å². The molecule has 4 atom stereocenters. The van der Waals surface area contributed by atoms with Crippen LogP contribution in [-0.2, 0) is 17.6 Å². The maximum absolute atomic E-state index is 12.5. The van der Waals surface area contributed by atoms with Gasteiger partial charge < -0.3 is 10.1 Å². The molecule has 0 radical (unpaired) electrons. The number of fused-ring (bicyclic) bond motifs is 3. The third-order valence-electron chi connectivity index (χ3n) is 6.09. The van der Waals surface area contributed by atoms with Crippen molar-refractivity contribution in [3.8, 4) is 5.75 Å². The molecule has 4 rings (SSSR count). The minimum absolute atomic E-state index is 0.0518. The lowest BCUT2D eigenvalue weighted by molar-refractivity contribution is -0.128. The number of benzene rings is 1. The number of nitrogens with one attached hydrogen (secondary N) is 1. The highest BCUT2D eigenvalue weighted by molar-refractivity contribution is 5.81. The first-order chi connectivity index (χ1) is 11.2. The Labute approximate surface area is 138 Å². The van der Waals surface area contributed by atoms with Gasteiger partial charge in [0.05, 0.1) is 0 Å². The third-order valence-corrected chi connectivity index (χ3v) is 6.09. The summed E-state index contributed by atoms with van der Waals surface area (Å²) in [7, 11) is 0. The van der Waals surface area contributed by atoms with Crippen LogP contribution in [0.15, 0.2) is 18.2 Å². The molecule has 3 aliphatic carbocycles. The number of carbonyl (C=O) groups is 1. The van der Waals surface area contributed by atoms with Crippen LogP contribution in [0.2, 0.25) is 0 Å². The van der Waals surface area contributed by atoms with Crippen molar-refractivity contribution in [3.63, 3.8) is 0 Å². The summed E-state index contributed by atoms with van der Waals surface area (Å²) in [5.41, 5.74) is 2.72. The molecular formula is C20H27NO2. The van der Waals surface area contributed by atoms with Crippen molar-refractivity contribution in [1.82, 2.24) is 5.32 Å². The number of amides is 1. The standard InChI is InChI=1S/C20H27NO2/c1-13(20(22)21-18-12-14-9-10-16(18)11-14)23-19-8-4-6-15-5-2-3-7-17(15)19/h4,6,8,13-14,16,18H,2-3,5,7,9-12H2,1H3,(H,21,22). The second-order valence-corrected chi connectivity index (χ2v) is 7.65. The zero-order valence-corrected chi connectivity index (χ0v) is 14.0. The Morgan fingerprint density at radius 1 is 1.22 bits per heavy atom. The quantitative estimate of drug-likeness (QED) is 0.921. The molecule has 2 fully saturated rings. The van der Waals surface area contributed by atoms with Gasteiger partial charge in [0.2, 0.25) is 0 Å². The lowest BCUT2D eigenvalue weighted by Gasteiger charge is -2.26. The molecule has 4 unspecified atom stereocenters. The first-order valence-corrected chi connectivity index (χ1v) is 9.28. The topological polar surface area (TPSA) is 38.3 Å². The van der Waals surface area contributed by atoms with E-state index in [1.807, 2.05) is 13.0 Å². The molecule has 3 nitrogen and oxygen atoms in total. The number of hydrogen-bond acceptors (Lipinski definition) is 2. The summed E-state index contributed by atoms with van der Waals surface area (Å²) in [5, 5.41) is 3.25. The monoisotopic (exact) mass is 313 g/mol. The SMILES string of the molecule is CC(Oc1cccc2c1CCCC2)C(=O)NC1CC2CCC1C2. The van der Waals surface area contributed by atoms with E-state index in [4.69, 9.17) is 4.74 Å². The molecule has 1 N–H and O–H groups in total. The normalized spacial score (nSPS) is 29.9. The fourth-order valence-corrected chi connectivity index (χ4v) is 4.82. The van der Waals surface area contributed by atoms with Gasteiger partial charge in [-0.3, -0.25) is 4.79 Å². The van der Waals surface area contributed by atoms with Gasteiger partial charge >= 0.3 is 0 Å². The van der Waals surface area contributed by atoms with Crippen molar-refractivity contribution in [2.24, 2.45) is 11.8 Å². The van der Waals surface area contributed by atoms with Gasteiger partial charge in [0.1, 0.15) is 5.75 Å². The Morgan fingerprint density at radius 2 is 2.09 bits per heavy atom. The Morgan fingerprint density at radius 3 is 2.87 bits per heavy atom. The van der Waals surface area contributed by atoms with Crippen molar-refractivity contribution in [2.75, 3.05) is 0 Å². The molecule has 0 spiro atoms. The largest absolute Gasteiger partial charge is 0.481 e. The zero-order valence-electron chi connectivity index (χ0n) is 14.0. The van der Waals surface area contributed by atoms with Crippen molar-refractivity contribution < 1.29 is 9.53 Å². The van der Waals surface area contributed by atoms with Crippen LogP contribution in [0.3, 0.4) is 0 Å². The summed E-state index contributed by atoms with van der Waals surface area (Å²) in [6, 6.07) is 6.66. The highest BCUT2D eigenvalue weighted by atomic mass is 16.5. The molecule has 2 saturated carbocycles. The molecule has 124 valence electrons. The van der Waals surface area contributed by atoms with E-state index in [2.05, 4.69) is 17.4 Å². The van der Waals surface area contributed by atoms with Crippen molar-refractivity contribution >= 4 is 5.91 Å². The van der Waals surface area contributed by atoms with Crippen molar-refractivity contribution in [3.05, 3.63) is 29.3 Å². The molecular weight excluding hydrogens is 286 g/mol. The third kappa shape index (κ3) is 2.98. The minimum atomic E-state index is -0.414. The van der Waals surface area contributed by atoms with Gasteiger partial charge in [0.15, 0.2) is 6.10 Å². The fourth-order valence-electron chi connectivity index (χ4n) is 4.82. The number of ether oxygens (including phenoxy) is 1. The van der Waals surface area contributed by atoms with Crippen LogP contribution >= 0.6 is 0 Å². The first kappa shape index (κ1) is 15.0. The molecule has 0 saturated heterocycles. The Kier molecular flexibility index (Phi) is 4.04. The molecule has 1 aromatic rings. The van der Waals surface area contributed by atoms with Crippen LogP contribution in [0, 0.1) is 11.8 Å². The average molecular weight is 313 g/mol. The van der Waals surface area contributed by atoms with Gasteiger partial charge in [-0.25, -0.2) is 0 Å². The van der Waals surface area contributed by atoms with Gasteiger partial charge in [0, 0.05) is 6.04 Å². The van der Waals surface area contributed by atoms with E-state index in [1.54, 1.807) is 0 Å². The lowest BCUT2D eigenvalue weighted by Crippen LogP contribution is -2.44. The molecule has 3 heteroatoms. The maximum Gasteiger partial charge on any atom is 0.261 e. The summed E-state index contributed by atoms with van der Waals surface area (Å²) in [6.45, 7) is 1.88. The number of hydrogen-bond donors (Lipinski definition) is 1. The number of aryl methyl sites for hydroxylation is 1. The summed E-state index contributed by atoms with van der Waals surface area (Å²) >= 11 is 0. The Hall–Kier alpha value is -1.51. The van der Waals surface area contributed by atoms with E-state index in [9.17, 15) is 4.79 Å². The minimum Gasteiger partial charge on any atom is -0.481 e. The second kappa shape index (κ2) is 6.18. The molecule has 0 aromatic heterocycles. The molecule has 23 heavy (non-hydrogen) atoms. The van der Waals surface area contributed by atoms with Gasteiger partial charge in [-0.05, 0) is 80.9 Å². The van der Waals surface area contributed by atoms with Crippen molar-refractivity contribution in [2.45, 2.75) is 70.4 Å². The molecule has 0 aliphatic heterocycles. The molecule has 1 amide bonds. The van der Waals surface area contributed by atoms with Gasteiger partial charge in [-0.15, -0.1) is 0 Å². The maximum atomic E-state index is 12.5. The van der Waals surface area contributed by atoms with Crippen LogP contribution < -0.4 is 10.1 Å². The highest BCUT2D eigenvalue weighted by Gasteiger charge is 2.40.